The van der Waals surface area contributed by atoms with Gasteiger partial charge in [0.2, 0.25) is 5.75 Å². The molecule has 2 aliphatic rings. The number of methoxy groups -OCH3 is 1. The van der Waals surface area contributed by atoms with Crippen LogP contribution in [0, 0.1) is 13.8 Å². The number of rotatable bonds is 12. The van der Waals surface area contributed by atoms with E-state index < -0.39 is 0 Å². The van der Waals surface area contributed by atoms with Crippen LogP contribution >= 0.6 is 0 Å². The number of aliphatic imine (C=N–C) groups is 1. The minimum Gasteiger partial charge on any atom is -0.500 e. The van der Waals surface area contributed by atoms with E-state index in [0.29, 0.717) is 24.4 Å². The molecule has 4 rings (SSSR count). The molecule has 38 heavy (non-hydrogen) atoms. The Kier molecular flexibility index (Phi) is 8.74. The Hall–Kier alpha value is -3.77. The average molecular weight is 514 g/mol. The number of Topliss-reactive ketones (excluding diaryl/α,β-unsaturated/α-hetero) is 1. The number of ketones is 2. The lowest BCUT2D eigenvalue weighted by atomic mass is 9.98. The van der Waals surface area contributed by atoms with E-state index in [1.165, 1.54) is 41.0 Å². The summed E-state index contributed by atoms with van der Waals surface area (Å²) >= 11 is 0. The van der Waals surface area contributed by atoms with Crippen molar-refractivity contribution in [2.24, 2.45) is 4.99 Å². The first-order chi connectivity index (χ1) is 18.3. The molecule has 0 saturated carbocycles. The van der Waals surface area contributed by atoms with Crippen LogP contribution in [0.2, 0.25) is 0 Å². The molecule has 0 fully saturated rings. The average Bonchev–Trinajstić information content (AvgIpc) is 3.44. The number of aryl methyl sites for hydroxylation is 2. The highest BCUT2D eigenvalue weighted by atomic mass is 16.5. The van der Waals surface area contributed by atoms with Crippen molar-refractivity contribution < 1.29 is 24.3 Å². The molecule has 2 heterocycles. The van der Waals surface area contributed by atoms with Crippen LogP contribution in [-0.4, -0.2) is 36.5 Å². The highest BCUT2D eigenvalue weighted by Crippen LogP contribution is 2.35. The second-order valence-electron chi connectivity index (χ2n) is 10.3. The number of aromatic hydroxyl groups is 1. The van der Waals surface area contributed by atoms with Gasteiger partial charge in [0, 0.05) is 24.3 Å². The van der Waals surface area contributed by atoms with E-state index in [0.717, 1.165) is 41.8 Å². The summed E-state index contributed by atoms with van der Waals surface area (Å²) in [5.41, 5.74) is 8.42. The van der Waals surface area contributed by atoms with E-state index >= 15 is 0 Å². The Morgan fingerprint density at radius 1 is 1.11 bits per heavy atom. The normalized spacial score (nSPS) is 16.3. The molecular formula is C32H37N2O4+. The minimum atomic E-state index is -0.222. The largest absolute Gasteiger partial charge is 0.500 e. The fraction of sp³-hybridized carbons (Fsp3) is 0.344. The number of hydrogen-bond acceptors (Lipinski definition) is 5. The molecule has 2 aliphatic heterocycles. The Morgan fingerprint density at radius 2 is 1.87 bits per heavy atom. The number of phenolic OH excluding ortho intramolecular Hbond substituents is 1. The van der Waals surface area contributed by atoms with Crippen molar-refractivity contribution in [3.8, 4) is 11.5 Å². The fourth-order valence-corrected chi connectivity index (χ4v) is 5.15. The zero-order valence-electron chi connectivity index (χ0n) is 22.8. The lowest BCUT2D eigenvalue weighted by Crippen LogP contribution is -3.01. The third-order valence-corrected chi connectivity index (χ3v) is 6.97. The second-order valence-corrected chi connectivity index (χ2v) is 10.3. The molecule has 2 aromatic carbocycles. The van der Waals surface area contributed by atoms with Gasteiger partial charge >= 0.3 is 0 Å². The minimum absolute atomic E-state index is 0.0257. The van der Waals surface area contributed by atoms with E-state index in [4.69, 9.17) is 4.74 Å². The molecule has 1 unspecified atom stereocenters. The molecule has 0 radical (unpaired) electrons. The molecule has 0 bridgehead atoms. The first-order valence-corrected chi connectivity index (χ1v) is 13.3. The van der Waals surface area contributed by atoms with Crippen molar-refractivity contribution in [1.82, 2.24) is 0 Å². The SMILES string of the molecule is CCCCCC(=O)CC(=O)C=Cc1cc(OC)c(O)c([NH+]2C=C3N=CC(Cc4cc(C)cc(C)c4)=C3C2)c1. The lowest BCUT2D eigenvalue weighted by molar-refractivity contribution is -0.764. The number of fused-ring (bicyclic) bond motifs is 1. The van der Waals surface area contributed by atoms with Gasteiger partial charge in [-0.05, 0) is 55.5 Å². The van der Waals surface area contributed by atoms with E-state index in [1.807, 2.05) is 18.5 Å². The number of nitrogens with one attached hydrogen (secondary N) is 1. The van der Waals surface area contributed by atoms with Gasteiger partial charge in [0.1, 0.15) is 24.2 Å². The number of hydrogen-bond donors (Lipinski definition) is 2. The first-order valence-electron chi connectivity index (χ1n) is 13.3. The van der Waals surface area contributed by atoms with Crippen molar-refractivity contribution in [1.29, 1.82) is 0 Å². The Balaban J connectivity index is 1.51. The quantitative estimate of drug-likeness (QED) is 0.178. The van der Waals surface area contributed by atoms with Crippen LogP contribution in [0.5, 0.6) is 11.5 Å². The summed E-state index contributed by atoms with van der Waals surface area (Å²) in [5.74, 6) is 0.151. The molecule has 0 aliphatic carbocycles. The maximum atomic E-state index is 12.4. The highest BCUT2D eigenvalue weighted by molar-refractivity contribution is 6.06. The number of carbonyl (C=O) groups excluding carboxylic acids is 2. The lowest BCUT2D eigenvalue weighted by Gasteiger charge is -2.15. The van der Waals surface area contributed by atoms with Crippen molar-refractivity contribution >= 4 is 29.5 Å². The first kappa shape index (κ1) is 27.3. The van der Waals surface area contributed by atoms with E-state index in [1.54, 1.807) is 12.1 Å². The molecule has 0 aromatic heterocycles. The predicted molar refractivity (Wildman–Crippen MR) is 151 cm³/mol. The van der Waals surface area contributed by atoms with Gasteiger partial charge in [-0.2, -0.15) is 0 Å². The van der Waals surface area contributed by atoms with Gasteiger partial charge < -0.3 is 9.84 Å². The van der Waals surface area contributed by atoms with Crippen molar-refractivity contribution in [3.63, 3.8) is 0 Å². The van der Waals surface area contributed by atoms with Crippen LogP contribution in [-0.2, 0) is 16.0 Å². The predicted octanol–water partition coefficient (Wildman–Crippen LogP) is 5.13. The summed E-state index contributed by atoms with van der Waals surface area (Å²) in [6, 6.07) is 10.1. The number of allylic oxidation sites excluding steroid dienone is 2. The number of quaternary nitrogens is 1. The third-order valence-electron chi connectivity index (χ3n) is 6.97. The van der Waals surface area contributed by atoms with Crippen molar-refractivity contribution in [2.75, 3.05) is 13.7 Å². The molecular weight excluding hydrogens is 476 g/mol. The summed E-state index contributed by atoms with van der Waals surface area (Å²) in [4.78, 5) is 30.0. The third kappa shape index (κ3) is 6.56. The molecule has 6 heteroatoms. The van der Waals surface area contributed by atoms with Crippen LogP contribution in [0.3, 0.4) is 0 Å². The number of unbranched alkanes of at least 4 members (excludes halogenated alkanes) is 2. The number of phenols is 1. The summed E-state index contributed by atoms with van der Waals surface area (Å²) < 4.78 is 5.43. The van der Waals surface area contributed by atoms with E-state index in [2.05, 4.69) is 44.0 Å². The van der Waals surface area contributed by atoms with E-state index in [9.17, 15) is 14.7 Å². The summed E-state index contributed by atoms with van der Waals surface area (Å²) in [6.07, 6.45) is 11.1. The van der Waals surface area contributed by atoms with Gasteiger partial charge in [-0.15, -0.1) is 0 Å². The Bertz CT molecular complexity index is 1340. The molecule has 0 spiro atoms. The monoisotopic (exact) mass is 513 g/mol. The molecule has 6 nitrogen and oxygen atoms in total. The molecule has 2 N–H and O–H groups in total. The number of benzene rings is 2. The van der Waals surface area contributed by atoms with Crippen LogP contribution < -0.4 is 9.64 Å². The Labute approximate surface area is 225 Å². The zero-order valence-corrected chi connectivity index (χ0v) is 22.8. The van der Waals surface area contributed by atoms with Gasteiger partial charge in [0.05, 0.1) is 13.5 Å². The molecule has 0 amide bonds. The van der Waals surface area contributed by atoms with Gasteiger partial charge in [0.15, 0.2) is 17.2 Å². The van der Waals surface area contributed by atoms with Crippen LogP contribution in [0.1, 0.15) is 61.3 Å². The number of carbonyl (C=O) groups is 2. The van der Waals surface area contributed by atoms with Gasteiger partial charge in [0.25, 0.3) is 0 Å². The van der Waals surface area contributed by atoms with Crippen molar-refractivity contribution in [2.45, 2.75) is 59.3 Å². The maximum absolute atomic E-state index is 12.4. The van der Waals surface area contributed by atoms with Gasteiger partial charge in [-0.25, -0.2) is 0 Å². The summed E-state index contributed by atoms with van der Waals surface area (Å²) in [7, 11) is 1.51. The standard InChI is InChI=1S/C32H36N2O4/c1-5-6-7-8-26(35)17-27(36)10-9-23-15-30(32(37)31(16-23)38-4)34-19-28-25(18-33-29(28)20-34)14-24-12-21(2)11-22(3)13-24/h9-13,15-16,18,20,37H,5-8,14,17,19H2,1-4H3/p+1. The molecule has 1 atom stereocenters. The smallest absolute Gasteiger partial charge is 0.220 e. The maximum Gasteiger partial charge on any atom is 0.220 e. The number of nitrogens with zero attached hydrogens (tertiary/aromatic N) is 1. The van der Waals surface area contributed by atoms with Gasteiger partial charge in [-0.3, -0.25) is 19.5 Å². The Morgan fingerprint density at radius 3 is 2.58 bits per heavy atom. The summed E-state index contributed by atoms with van der Waals surface area (Å²) in [5, 5.41) is 10.9. The molecule has 2 aromatic rings. The van der Waals surface area contributed by atoms with Gasteiger partial charge in [-0.1, -0.05) is 55.2 Å². The van der Waals surface area contributed by atoms with Crippen molar-refractivity contribution in [3.05, 3.63) is 81.7 Å². The molecule has 0 saturated heterocycles. The van der Waals surface area contributed by atoms with Crippen LogP contribution in [0.4, 0.5) is 5.69 Å². The summed E-state index contributed by atoms with van der Waals surface area (Å²) in [6.45, 7) is 6.96. The molecule has 198 valence electrons. The number of ether oxygens (including phenoxy) is 1. The van der Waals surface area contributed by atoms with Crippen LogP contribution in [0.15, 0.2) is 64.4 Å². The fourth-order valence-electron chi connectivity index (χ4n) is 5.15. The topological polar surface area (TPSA) is 80.4 Å². The van der Waals surface area contributed by atoms with E-state index in [-0.39, 0.29) is 23.7 Å². The zero-order chi connectivity index (χ0) is 27.2. The second kappa shape index (κ2) is 12.2. The highest BCUT2D eigenvalue weighted by Gasteiger charge is 2.32. The van der Waals surface area contributed by atoms with Crippen LogP contribution in [0.25, 0.3) is 6.08 Å².